The van der Waals surface area contributed by atoms with Gasteiger partial charge in [0.25, 0.3) is 0 Å². The standard InChI is InChI=1S/C14H13F3N2/c1-8-6-9(2-4-12(8)18)10-3-5-13(19)11(7-10)14(15,16)17/h2-7H,18-19H2,1H3. The third-order valence-electron chi connectivity index (χ3n) is 2.96. The SMILES string of the molecule is Cc1cc(-c2ccc(N)c(C(F)(F)F)c2)ccc1N. The van der Waals surface area contributed by atoms with E-state index in [1.54, 1.807) is 31.2 Å². The molecular weight excluding hydrogens is 253 g/mol. The van der Waals surface area contributed by atoms with Crippen molar-refractivity contribution >= 4 is 11.4 Å². The van der Waals surface area contributed by atoms with E-state index in [1.807, 2.05) is 0 Å². The molecule has 0 bridgehead atoms. The largest absolute Gasteiger partial charge is 0.418 e. The molecule has 0 aliphatic heterocycles. The van der Waals surface area contributed by atoms with Gasteiger partial charge in [-0.15, -0.1) is 0 Å². The second-order valence-electron chi connectivity index (χ2n) is 4.37. The summed E-state index contributed by atoms with van der Waals surface area (Å²) in [6.45, 7) is 1.81. The zero-order valence-electron chi connectivity index (χ0n) is 10.3. The molecular formula is C14H13F3N2. The Bertz CT molecular complexity index is 619. The second kappa shape index (κ2) is 4.50. The normalized spacial score (nSPS) is 11.6. The van der Waals surface area contributed by atoms with Crippen LogP contribution in [0.25, 0.3) is 11.1 Å². The van der Waals surface area contributed by atoms with Crippen LogP contribution in [-0.4, -0.2) is 0 Å². The summed E-state index contributed by atoms with van der Waals surface area (Å²) < 4.78 is 38.4. The van der Waals surface area contributed by atoms with Crippen molar-refractivity contribution in [1.82, 2.24) is 0 Å². The Balaban J connectivity index is 2.54. The maximum Gasteiger partial charge on any atom is 0.418 e. The summed E-state index contributed by atoms with van der Waals surface area (Å²) >= 11 is 0. The number of hydrogen-bond acceptors (Lipinski definition) is 2. The number of hydrogen-bond donors (Lipinski definition) is 2. The predicted octanol–water partition coefficient (Wildman–Crippen LogP) is 3.85. The highest BCUT2D eigenvalue weighted by Gasteiger charge is 2.33. The van der Waals surface area contributed by atoms with E-state index in [0.29, 0.717) is 16.8 Å². The molecule has 100 valence electrons. The van der Waals surface area contributed by atoms with Gasteiger partial charge in [-0.2, -0.15) is 13.2 Å². The molecule has 5 heteroatoms. The fourth-order valence-electron chi connectivity index (χ4n) is 1.84. The van der Waals surface area contributed by atoms with E-state index in [1.165, 1.54) is 6.07 Å². The smallest absolute Gasteiger partial charge is 0.399 e. The van der Waals surface area contributed by atoms with Crippen molar-refractivity contribution in [1.29, 1.82) is 0 Å². The van der Waals surface area contributed by atoms with E-state index >= 15 is 0 Å². The summed E-state index contributed by atoms with van der Waals surface area (Å²) in [7, 11) is 0. The summed E-state index contributed by atoms with van der Waals surface area (Å²) in [5, 5.41) is 0. The zero-order valence-corrected chi connectivity index (χ0v) is 10.3. The molecule has 0 heterocycles. The summed E-state index contributed by atoms with van der Waals surface area (Å²) in [5.74, 6) is 0. The van der Waals surface area contributed by atoms with Gasteiger partial charge in [-0.1, -0.05) is 12.1 Å². The van der Waals surface area contributed by atoms with Gasteiger partial charge in [0.05, 0.1) is 5.56 Å². The average Bonchev–Trinajstić information content (AvgIpc) is 2.32. The Morgan fingerprint density at radius 2 is 1.37 bits per heavy atom. The fraction of sp³-hybridized carbons (Fsp3) is 0.143. The van der Waals surface area contributed by atoms with Crippen molar-refractivity contribution in [3.05, 3.63) is 47.5 Å². The molecule has 4 N–H and O–H groups in total. The van der Waals surface area contributed by atoms with E-state index < -0.39 is 11.7 Å². The Labute approximate surface area is 108 Å². The summed E-state index contributed by atoms with van der Waals surface area (Å²) in [5.41, 5.74) is 12.5. The molecule has 0 spiro atoms. The fourth-order valence-corrected chi connectivity index (χ4v) is 1.84. The number of nitrogens with two attached hydrogens (primary N) is 2. The van der Waals surface area contributed by atoms with E-state index in [4.69, 9.17) is 11.5 Å². The summed E-state index contributed by atoms with van der Waals surface area (Å²) in [6, 6.07) is 9.00. The molecule has 2 rings (SSSR count). The van der Waals surface area contributed by atoms with Crippen molar-refractivity contribution in [2.75, 3.05) is 11.5 Å². The average molecular weight is 266 g/mol. The lowest BCUT2D eigenvalue weighted by atomic mass is 9.99. The van der Waals surface area contributed by atoms with E-state index in [9.17, 15) is 13.2 Å². The summed E-state index contributed by atoms with van der Waals surface area (Å²) in [6.07, 6.45) is -4.46. The molecule has 0 radical (unpaired) electrons. The number of benzene rings is 2. The van der Waals surface area contributed by atoms with Crippen LogP contribution in [-0.2, 0) is 6.18 Å². The van der Waals surface area contributed by atoms with E-state index in [2.05, 4.69) is 0 Å². The van der Waals surface area contributed by atoms with Gasteiger partial charge in [-0.05, 0) is 47.9 Å². The van der Waals surface area contributed by atoms with Crippen LogP contribution in [0.4, 0.5) is 24.5 Å². The zero-order chi connectivity index (χ0) is 14.2. The Morgan fingerprint density at radius 3 is 1.89 bits per heavy atom. The van der Waals surface area contributed by atoms with E-state index in [0.717, 1.165) is 11.6 Å². The minimum atomic E-state index is -4.46. The van der Waals surface area contributed by atoms with Crippen LogP contribution in [0.5, 0.6) is 0 Å². The van der Waals surface area contributed by atoms with Crippen molar-refractivity contribution in [3.8, 4) is 11.1 Å². The number of nitrogen functional groups attached to an aromatic ring is 2. The molecule has 0 unspecified atom stereocenters. The number of anilines is 2. The van der Waals surface area contributed by atoms with Crippen molar-refractivity contribution in [2.24, 2.45) is 0 Å². The number of aryl methyl sites for hydroxylation is 1. The highest BCUT2D eigenvalue weighted by Crippen LogP contribution is 2.36. The molecule has 2 aromatic rings. The molecule has 19 heavy (non-hydrogen) atoms. The Hall–Kier alpha value is -2.17. The van der Waals surface area contributed by atoms with Gasteiger partial charge < -0.3 is 11.5 Å². The Morgan fingerprint density at radius 1 is 0.842 bits per heavy atom. The maximum atomic E-state index is 12.8. The molecule has 0 aliphatic carbocycles. The highest BCUT2D eigenvalue weighted by atomic mass is 19.4. The van der Waals surface area contributed by atoms with Crippen LogP contribution in [0.3, 0.4) is 0 Å². The lowest BCUT2D eigenvalue weighted by Gasteiger charge is -2.12. The number of halogens is 3. The van der Waals surface area contributed by atoms with Gasteiger partial charge in [-0.25, -0.2) is 0 Å². The highest BCUT2D eigenvalue weighted by molar-refractivity contribution is 5.71. The first-order valence-electron chi connectivity index (χ1n) is 5.62. The third-order valence-corrected chi connectivity index (χ3v) is 2.96. The molecule has 0 aromatic heterocycles. The number of alkyl halides is 3. The first-order chi connectivity index (χ1) is 8.79. The van der Waals surface area contributed by atoms with Gasteiger partial charge >= 0.3 is 6.18 Å². The van der Waals surface area contributed by atoms with Crippen LogP contribution in [0.15, 0.2) is 36.4 Å². The van der Waals surface area contributed by atoms with Gasteiger partial charge in [0, 0.05) is 11.4 Å². The first-order valence-corrected chi connectivity index (χ1v) is 5.62. The second-order valence-corrected chi connectivity index (χ2v) is 4.37. The minimum absolute atomic E-state index is 0.275. The minimum Gasteiger partial charge on any atom is -0.399 e. The van der Waals surface area contributed by atoms with Gasteiger partial charge in [-0.3, -0.25) is 0 Å². The Kier molecular flexibility index (Phi) is 3.14. The lowest BCUT2D eigenvalue weighted by molar-refractivity contribution is -0.136. The molecule has 0 saturated carbocycles. The van der Waals surface area contributed by atoms with Gasteiger partial charge in [0.1, 0.15) is 0 Å². The monoisotopic (exact) mass is 266 g/mol. The van der Waals surface area contributed by atoms with Crippen LogP contribution < -0.4 is 11.5 Å². The van der Waals surface area contributed by atoms with E-state index in [-0.39, 0.29) is 5.69 Å². The molecule has 0 atom stereocenters. The van der Waals surface area contributed by atoms with Crippen LogP contribution in [0.1, 0.15) is 11.1 Å². The van der Waals surface area contributed by atoms with Crippen molar-refractivity contribution in [2.45, 2.75) is 13.1 Å². The quantitative estimate of drug-likeness (QED) is 0.770. The molecule has 0 saturated heterocycles. The van der Waals surface area contributed by atoms with Crippen molar-refractivity contribution < 1.29 is 13.2 Å². The van der Waals surface area contributed by atoms with Crippen LogP contribution in [0.2, 0.25) is 0 Å². The molecule has 2 aromatic carbocycles. The molecule has 2 nitrogen and oxygen atoms in total. The van der Waals surface area contributed by atoms with Crippen molar-refractivity contribution in [3.63, 3.8) is 0 Å². The third kappa shape index (κ3) is 2.65. The van der Waals surface area contributed by atoms with Crippen LogP contribution in [0, 0.1) is 6.92 Å². The summed E-state index contributed by atoms with van der Waals surface area (Å²) in [4.78, 5) is 0. The topological polar surface area (TPSA) is 52.0 Å². The molecule has 0 amide bonds. The lowest BCUT2D eigenvalue weighted by Crippen LogP contribution is -2.08. The number of rotatable bonds is 1. The maximum absolute atomic E-state index is 12.8. The predicted molar refractivity (Wildman–Crippen MR) is 70.4 cm³/mol. The van der Waals surface area contributed by atoms with Crippen LogP contribution >= 0.6 is 0 Å². The van der Waals surface area contributed by atoms with Gasteiger partial charge in [0.15, 0.2) is 0 Å². The van der Waals surface area contributed by atoms with Gasteiger partial charge in [0.2, 0.25) is 0 Å². The molecule has 0 aliphatic rings. The molecule has 0 fully saturated rings. The first kappa shape index (κ1) is 13.3.